The summed E-state index contributed by atoms with van der Waals surface area (Å²) in [5.41, 5.74) is 1.55. The molecule has 0 aliphatic rings. The molecule has 0 aliphatic heterocycles. The molecule has 1 aromatic carbocycles. The average molecular weight is 406 g/mol. The van der Waals surface area contributed by atoms with Gasteiger partial charge in [0, 0.05) is 0 Å². The predicted molar refractivity (Wildman–Crippen MR) is 99.3 cm³/mol. The predicted octanol–water partition coefficient (Wildman–Crippen LogP) is 3.07. The highest BCUT2D eigenvalue weighted by atomic mass is 35.5. The number of pyridine rings is 1. The van der Waals surface area contributed by atoms with Gasteiger partial charge in [-0.2, -0.15) is 5.10 Å². The van der Waals surface area contributed by atoms with Crippen LogP contribution in [0, 0.1) is 6.92 Å². The number of rotatable bonds is 5. The molecule has 2 heterocycles. The van der Waals surface area contributed by atoms with Gasteiger partial charge in [0.1, 0.15) is 12.7 Å². The van der Waals surface area contributed by atoms with Gasteiger partial charge in [0.2, 0.25) is 0 Å². The third kappa shape index (κ3) is 4.60. The van der Waals surface area contributed by atoms with E-state index in [0.717, 1.165) is 5.69 Å². The summed E-state index contributed by atoms with van der Waals surface area (Å²) in [5.74, 6) is -1.06. The Morgan fingerprint density at radius 3 is 2.59 bits per heavy atom. The van der Waals surface area contributed by atoms with Crippen molar-refractivity contribution >= 4 is 40.9 Å². The maximum atomic E-state index is 12.1. The molecule has 1 amide bonds. The molecule has 0 radical (unpaired) electrons. The van der Waals surface area contributed by atoms with Crippen LogP contribution in [0.4, 0.5) is 5.82 Å². The molecule has 138 valence electrons. The molecule has 3 aromatic rings. The molecule has 0 saturated heterocycles. The van der Waals surface area contributed by atoms with Gasteiger partial charge in [-0.25, -0.2) is 19.4 Å². The van der Waals surface area contributed by atoms with E-state index in [0.29, 0.717) is 16.3 Å². The summed E-state index contributed by atoms with van der Waals surface area (Å²) in [6.07, 6.45) is 2.94. The molecule has 10 heteroatoms. The maximum absolute atomic E-state index is 12.1. The fraction of sp³-hybridized carbons (Fsp3) is 0.118. The summed E-state index contributed by atoms with van der Waals surface area (Å²) < 4.78 is 6.55. The van der Waals surface area contributed by atoms with Crippen LogP contribution in [-0.4, -0.2) is 38.2 Å². The number of anilines is 1. The third-order valence-electron chi connectivity index (χ3n) is 3.48. The van der Waals surface area contributed by atoms with Crippen molar-refractivity contribution in [3.05, 3.63) is 64.3 Å². The molecule has 0 bridgehead atoms. The van der Waals surface area contributed by atoms with E-state index in [9.17, 15) is 9.59 Å². The number of hydrogen-bond acceptors (Lipinski definition) is 6. The van der Waals surface area contributed by atoms with Gasteiger partial charge in [-0.05, 0) is 37.3 Å². The smallest absolute Gasteiger partial charge is 0.338 e. The first-order chi connectivity index (χ1) is 12.9. The third-order valence-corrected chi connectivity index (χ3v) is 4.15. The van der Waals surface area contributed by atoms with E-state index >= 15 is 0 Å². The molecule has 1 N–H and O–H groups in total. The molecular weight excluding hydrogens is 393 g/mol. The number of nitrogens with zero attached hydrogens (tertiary/aromatic N) is 4. The molecular formula is C17H13Cl2N5O3. The van der Waals surface area contributed by atoms with Gasteiger partial charge in [-0.15, -0.1) is 0 Å². The van der Waals surface area contributed by atoms with Crippen molar-refractivity contribution in [2.24, 2.45) is 0 Å². The van der Waals surface area contributed by atoms with Gasteiger partial charge in [0.05, 0.1) is 27.0 Å². The van der Waals surface area contributed by atoms with Crippen molar-refractivity contribution in [2.45, 2.75) is 6.92 Å². The highest BCUT2D eigenvalue weighted by molar-refractivity contribution is 6.36. The number of hydrogen-bond donors (Lipinski definition) is 1. The van der Waals surface area contributed by atoms with Crippen LogP contribution in [0.15, 0.2) is 43.0 Å². The van der Waals surface area contributed by atoms with E-state index < -0.39 is 18.5 Å². The largest absolute Gasteiger partial charge is 0.452 e. The minimum atomic E-state index is -0.637. The van der Waals surface area contributed by atoms with Gasteiger partial charge in [-0.3, -0.25) is 4.79 Å². The lowest BCUT2D eigenvalue weighted by Crippen LogP contribution is -2.21. The number of ether oxygens (including phenoxy) is 1. The number of carbonyl (C=O) groups excluding carboxylic acids is 2. The van der Waals surface area contributed by atoms with E-state index in [1.165, 1.54) is 18.7 Å². The number of amides is 1. The Bertz CT molecular complexity index is 975. The second-order valence-electron chi connectivity index (χ2n) is 5.40. The fourth-order valence-electron chi connectivity index (χ4n) is 2.12. The van der Waals surface area contributed by atoms with Gasteiger partial charge >= 0.3 is 5.97 Å². The zero-order chi connectivity index (χ0) is 19.4. The molecule has 2 aromatic heterocycles. The van der Waals surface area contributed by atoms with Crippen LogP contribution in [0.5, 0.6) is 0 Å². The molecule has 0 spiro atoms. The topological polar surface area (TPSA) is 99.0 Å². The average Bonchev–Trinajstić information content (AvgIpc) is 3.19. The molecule has 0 atom stereocenters. The maximum Gasteiger partial charge on any atom is 0.338 e. The normalized spacial score (nSPS) is 10.5. The van der Waals surface area contributed by atoms with Gasteiger partial charge < -0.3 is 10.1 Å². The Kier molecular flexibility index (Phi) is 5.68. The highest BCUT2D eigenvalue weighted by Crippen LogP contribution is 2.25. The number of nitrogens with one attached hydrogen (secondary N) is 1. The van der Waals surface area contributed by atoms with Crippen molar-refractivity contribution in [1.82, 2.24) is 19.7 Å². The van der Waals surface area contributed by atoms with E-state index in [1.807, 2.05) is 0 Å². The van der Waals surface area contributed by atoms with Crippen LogP contribution in [0.2, 0.25) is 10.0 Å². The van der Waals surface area contributed by atoms with E-state index in [2.05, 4.69) is 20.4 Å². The Labute approximate surface area is 164 Å². The van der Waals surface area contributed by atoms with Crippen molar-refractivity contribution < 1.29 is 14.3 Å². The second-order valence-corrected chi connectivity index (χ2v) is 6.21. The summed E-state index contributed by atoms with van der Waals surface area (Å²) in [6, 6.07) is 7.98. The molecule has 27 heavy (non-hydrogen) atoms. The zero-order valence-electron chi connectivity index (χ0n) is 14.0. The first kappa shape index (κ1) is 18.8. The van der Waals surface area contributed by atoms with Crippen molar-refractivity contribution in [3.63, 3.8) is 0 Å². The highest BCUT2D eigenvalue weighted by Gasteiger charge is 2.13. The molecule has 0 aliphatic carbocycles. The van der Waals surface area contributed by atoms with E-state index in [4.69, 9.17) is 27.9 Å². The second kappa shape index (κ2) is 8.15. The lowest BCUT2D eigenvalue weighted by Gasteiger charge is -2.09. The van der Waals surface area contributed by atoms with Crippen LogP contribution in [-0.2, 0) is 9.53 Å². The van der Waals surface area contributed by atoms with Crippen molar-refractivity contribution in [1.29, 1.82) is 0 Å². The van der Waals surface area contributed by atoms with Gasteiger partial charge in [-0.1, -0.05) is 23.2 Å². The molecule has 3 rings (SSSR count). The molecule has 0 unspecified atom stereocenters. The summed E-state index contributed by atoms with van der Waals surface area (Å²) >= 11 is 11.9. The minimum Gasteiger partial charge on any atom is -0.452 e. The Balaban J connectivity index is 1.57. The standard InChI is InChI=1S/C17H13Cl2N5O3/c1-10-13(18)6-14(19)16(22-10)23-15(25)7-27-17(26)11-2-4-12(5-3-11)24-9-20-8-21-24/h2-6,8-9H,7H2,1H3,(H,22,23,25). The summed E-state index contributed by atoms with van der Waals surface area (Å²) in [7, 11) is 0. The Morgan fingerprint density at radius 1 is 1.19 bits per heavy atom. The molecule has 0 fully saturated rings. The zero-order valence-corrected chi connectivity index (χ0v) is 15.5. The first-order valence-corrected chi connectivity index (χ1v) is 8.44. The summed E-state index contributed by atoms with van der Waals surface area (Å²) in [5, 5.41) is 7.04. The number of halogens is 2. The Morgan fingerprint density at radius 2 is 1.93 bits per heavy atom. The lowest BCUT2D eigenvalue weighted by atomic mass is 10.2. The lowest BCUT2D eigenvalue weighted by molar-refractivity contribution is -0.119. The van der Waals surface area contributed by atoms with Gasteiger partial charge in [0.25, 0.3) is 5.91 Å². The van der Waals surface area contributed by atoms with Gasteiger partial charge in [0.15, 0.2) is 12.4 Å². The van der Waals surface area contributed by atoms with Crippen LogP contribution in [0.25, 0.3) is 5.69 Å². The van der Waals surface area contributed by atoms with E-state index in [-0.39, 0.29) is 10.8 Å². The molecule has 8 nitrogen and oxygen atoms in total. The number of benzene rings is 1. The number of aryl methyl sites for hydroxylation is 1. The van der Waals surface area contributed by atoms with Crippen LogP contribution in [0.3, 0.4) is 0 Å². The van der Waals surface area contributed by atoms with E-state index in [1.54, 1.807) is 35.9 Å². The van der Waals surface area contributed by atoms with Crippen LogP contribution < -0.4 is 5.32 Å². The van der Waals surface area contributed by atoms with Crippen molar-refractivity contribution in [2.75, 3.05) is 11.9 Å². The fourth-order valence-corrected chi connectivity index (χ4v) is 2.53. The quantitative estimate of drug-likeness (QED) is 0.654. The monoisotopic (exact) mass is 405 g/mol. The Hall–Kier alpha value is -2.97. The molecule has 0 saturated carbocycles. The minimum absolute atomic E-state index is 0.150. The van der Waals surface area contributed by atoms with Crippen LogP contribution >= 0.6 is 23.2 Å². The number of aromatic nitrogens is 4. The summed E-state index contributed by atoms with van der Waals surface area (Å²) in [4.78, 5) is 32.0. The summed E-state index contributed by atoms with van der Waals surface area (Å²) in [6.45, 7) is 1.20. The SMILES string of the molecule is Cc1nc(NC(=O)COC(=O)c2ccc(-n3cncn3)cc2)c(Cl)cc1Cl. The van der Waals surface area contributed by atoms with Crippen molar-refractivity contribution in [3.8, 4) is 5.69 Å². The van der Waals surface area contributed by atoms with Crippen LogP contribution in [0.1, 0.15) is 16.1 Å². The number of carbonyl (C=O) groups is 2. The number of esters is 1. The first-order valence-electron chi connectivity index (χ1n) is 7.68.